The van der Waals surface area contributed by atoms with Gasteiger partial charge in [-0.1, -0.05) is 71.2 Å². The van der Waals surface area contributed by atoms with Gasteiger partial charge < -0.3 is 5.32 Å². The molecule has 19 heavy (non-hydrogen) atoms. The van der Waals surface area contributed by atoms with Crippen LogP contribution in [0, 0.1) is 0 Å². The van der Waals surface area contributed by atoms with E-state index in [-0.39, 0.29) is 15.8 Å². The Hall–Kier alpha value is 0.400. The van der Waals surface area contributed by atoms with Crippen molar-refractivity contribution in [1.29, 1.82) is 0 Å². The Morgan fingerprint density at radius 2 is 1.26 bits per heavy atom. The van der Waals surface area contributed by atoms with Crippen molar-refractivity contribution in [2.45, 2.75) is 78.0 Å². The van der Waals surface area contributed by atoms with Gasteiger partial charge in [-0.3, -0.25) is 0 Å². The average Bonchev–Trinajstić information content (AvgIpc) is 2.25. The lowest BCUT2D eigenvalue weighted by molar-refractivity contribution is 0.901. The molecule has 0 aromatic carbocycles. The summed E-state index contributed by atoms with van der Waals surface area (Å²) in [7, 11) is 0.200. The summed E-state index contributed by atoms with van der Waals surface area (Å²) in [5.74, 6) is 2.43. The highest BCUT2D eigenvalue weighted by Gasteiger charge is 2.15. The molecule has 0 radical (unpaired) electrons. The Morgan fingerprint density at radius 1 is 0.789 bits per heavy atom. The van der Waals surface area contributed by atoms with Crippen molar-refractivity contribution in [3.63, 3.8) is 0 Å². The first kappa shape index (κ1) is 19.4. The maximum absolute atomic E-state index is 3.52. The zero-order chi connectivity index (χ0) is 15.0. The Kier molecular flexibility index (Phi) is 10.4. The van der Waals surface area contributed by atoms with Gasteiger partial charge in [-0.15, -0.1) is 0 Å². The van der Waals surface area contributed by atoms with Gasteiger partial charge in [0.2, 0.25) is 0 Å². The zero-order valence-corrected chi connectivity index (χ0v) is 16.1. The molecule has 0 aromatic heterocycles. The van der Waals surface area contributed by atoms with Crippen molar-refractivity contribution in [3.05, 3.63) is 12.0 Å². The number of nitrogens with one attached hydrogen (secondary N) is 1. The van der Waals surface area contributed by atoms with Gasteiger partial charge in [0.25, 0.3) is 0 Å². The third-order valence-corrected chi connectivity index (χ3v) is 9.67. The molecule has 114 valence electrons. The van der Waals surface area contributed by atoms with E-state index in [1.165, 1.54) is 6.16 Å². The van der Waals surface area contributed by atoms with Gasteiger partial charge in [0.15, 0.2) is 0 Å². The molecular weight excluding hydrogens is 268 g/mol. The summed E-state index contributed by atoms with van der Waals surface area (Å²) in [5, 5.41) is 3.52. The predicted octanol–water partition coefficient (Wildman–Crippen LogP) is 5.64. The van der Waals surface area contributed by atoms with Crippen molar-refractivity contribution < 1.29 is 0 Å². The lowest BCUT2D eigenvalue weighted by atomic mass is 10.5. The van der Waals surface area contributed by atoms with E-state index < -0.39 is 0 Å². The van der Waals surface area contributed by atoms with Crippen LogP contribution in [0.25, 0.3) is 0 Å². The quantitative estimate of drug-likeness (QED) is 0.429. The summed E-state index contributed by atoms with van der Waals surface area (Å²) >= 11 is 0. The lowest BCUT2D eigenvalue weighted by Crippen LogP contribution is -2.16. The van der Waals surface area contributed by atoms with Crippen LogP contribution in [0.5, 0.6) is 0 Å². The van der Waals surface area contributed by atoms with Crippen molar-refractivity contribution in [1.82, 2.24) is 5.32 Å². The second kappa shape index (κ2) is 10.2. The Labute approximate surface area is 124 Å². The van der Waals surface area contributed by atoms with Crippen LogP contribution in [0.2, 0.25) is 0 Å². The molecular formula is C16H35NP2. The summed E-state index contributed by atoms with van der Waals surface area (Å²) in [6.45, 7) is 20.0. The van der Waals surface area contributed by atoms with E-state index in [0.717, 1.165) is 29.2 Å². The summed E-state index contributed by atoms with van der Waals surface area (Å²) in [4.78, 5) is 0. The second-order valence-electron chi connectivity index (χ2n) is 6.33. The van der Waals surface area contributed by atoms with Gasteiger partial charge in [0.1, 0.15) is 0 Å². The van der Waals surface area contributed by atoms with Crippen LogP contribution in [-0.4, -0.2) is 35.3 Å². The van der Waals surface area contributed by atoms with Crippen LogP contribution < -0.4 is 5.32 Å². The molecule has 1 N–H and O–H groups in total. The van der Waals surface area contributed by atoms with Gasteiger partial charge in [-0.2, -0.15) is 0 Å². The molecule has 0 amide bonds. The molecule has 0 heterocycles. The first-order valence-electron chi connectivity index (χ1n) is 7.70. The highest BCUT2D eigenvalue weighted by atomic mass is 31.1. The monoisotopic (exact) mass is 303 g/mol. The summed E-state index contributed by atoms with van der Waals surface area (Å²) < 4.78 is 0. The molecule has 0 saturated heterocycles. The van der Waals surface area contributed by atoms with Crippen molar-refractivity contribution in [2.75, 3.05) is 12.7 Å². The van der Waals surface area contributed by atoms with Gasteiger partial charge in [0, 0.05) is 6.54 Å². The second-order valence-corrected chi connectivity index (χ2v) is 13.1. The third kappa shape index (κ3) is 8.31. The zero-order valence-electron chi connectivity index (χ0n) is 14.3. The number of hydrogen-bond acceptors (Lipinski definition) is 1. The van der Waals surface area contributed by atoms with E-state index in [9.17, 15) is 0 Å². The molecule has 0 atom stereocenters. The van der Waals surface area contributed by atoms with E-state index >= 15 is 0 Å². The fraction of sp³-hybridized carbons (Fsp3) is 0.875. The van der Waals surface area contributed by atoms with E-state index in [2.05, 4.69) is 72.7 Å². The molecule has 0 saturated carbocycles. The predicted molar refractivity (Wildman–Crippen MR) is 96.4 cm³/mol. The standard InChI is InChI=1S/C16H35NP2/c1-13(2)18(14(3)4)11-9-17-10-12-19(15(5)6)16(7)8/h9,11,13-17H,10,12H2,1-8H3/b11-9-. The van der Waals surface area contributed by atoms with Gasteiger partial charge in [0.05, 0.1) is 0 Å². The fourth-order valence-electron chi connectivity index (χ4n) is 2.47. The van der Waals surface area contributed by atoms with Crippen molar-refractivity contribution in [3.8, 4) is 0 Å². The molecule has 1 nitrogen and oxygen atoms in total. The van der Waals surface area contributed by atoms with Crippen LogP contribution in [0.4, 0.5) is 0 Å². The maximum atomic E-state index is 3.52. The minimum Gasteiger partial charge on any atom is -0.391 e. The van der Waals surface area contributed by atoms with Crippen LogP contribution in [0.3, 0.4) is 0 Å². The van der Waals surface area contributed by atoms with Crippen LogP contribution in [0.15, 0.2) is 12.0 Å². The summed E-state index contributed by atoms with van der Waals surface area (Å²) in [6.07, 6.45) is 3.57. The largest absolute Gasteiger partial charge is 0.391 e. The minimum atomic E-state index is 0.0267. The van der Waals surface area contributed by atoms with Crippen LogP contribution in [-0.2, 0) is 0 Å². The molecule has 0 spiro atoms. The lowest BCUT2D eigenvalue weighted by Gasteiger charge is -2.26. The molecule has 0 bridgehead atoms. The van der Waals surface area contributed by atoms with Crippen molar-refractivity contribution >= 4 is 15.8 Å². The van der Waals surface area contributed by atoms with Gasteiger partial charge in [-0.05, 0) is 40.8 Å². The van der Waals surface area contributed by atoms with E-state index in [0.29, 0.717) is 0 Å². The first-order valence-corrected chi connectivity index (χ1v) is 10.9. The first-order chi connectivity index (χ1) is 8.77. The molecule has 3 heteroatoms. The molecule has 0 aliphatic carbocycles. The Balaban J connectivity index is 4.08. The normalized spacial score (nSPS) is 13.2. The Morgan fingerprint density at radius 3 is 1.63 bits per heavy atom. The Bertz CT molecular complexity index is 231. The highest BCUT2D eigenvalue weighted by molar-refractivity contribution is 7.62. The number of rotatable bonds is 9. The van der Waals surface area contributed by atoms with E-state index in [1.807, 2.05) is 0 Å². The highest BCUT2D eigenvalue weighted by Crippen LogP contribution is 2.47. The average molecular weight is 303 g/mol. The molecule has 0 unspecified atom stereocenters. The van der Waals surface area contributed by atoms with Gasteiger partial charge in [-0.25, -0.2) is 0 Å². The van der Waals surface area contributed by atoms with E-state index in [1.54, 1.807) is 0 Å². The molecule has 0 fully saturated rings. The molecule has 0 rings (SSSR count). The molecule has 0 aliphatic rings. The van der Waals surface area contributed by atoms with Gasteiger partial charge >= 0.3 is 0 Å². The SMILES string of the molecule is CC(C)P(/C=C\NCCP(C(C)C)C(C)C)C(C)C. The van der Waals surface area contributed by atoms with Crippen LogP contribution in [0.1, 0.15) is 55.4 Å². The number of hydrogen-bond donors (Lipinski definition) is 1. The summed E-state index contributed by atoms with van der Waals surface area (Å²) in [6, 6.07) is 0. The maximum Gasteiger partial charge on any atom is 0.0181 e. The van der Waals surface area contributed by atoms with E-state index in [4.69, 9.17) is 0 Å². The summed E-state index contributed by atoms with van der Waals surface area (Å²) in [5.41, 5.74) is 3.28. The van der Waals surface area contributed by atoms with Crippen molar-refractivity contribution in [2.24, 2.45) is 0 Å². The smallest absolute Gasteiger partial charge is 0.0181 e. The molecule has 0 aliphatic heterocycles. The fourth-order valence-corrected chi connectivity index (χ4v) is 7.24. The third-order valence-electron chi connectivity index (χ3n) is 3.40. The molecule has 0 aromatic rings. The van der Waals surface area contributed by atoms with Crippen LogP contribution >= 0.6 is 15.8 Å². The minimum absolute atomic E-state index is 0.0267. The topological polar surface area (TPSA) is 12.0 Å².